The Balaban J connectivity index is 1.11. The molecule has 1 amide bonds. The second kappa shape index (κ2) is 9.27. The molecule has 0 spiro atoms. The van der Waals surface area contributed by atoms with Gasteiger partial charge in [0.2, 0.25) is 0 Å². The summed E-state index contributed by atoms with van der Waals surface area (Å²) < 4.78 is 0. The number of hydrogen-bond acceptors (Lipinski definition) is 6. The number of benzene rings is 1. The summed E-state index contributed by atoms with van der Waals surface area (Å²) in [6, 6.07) is 16.8. The summed E-state index contributed by atoms with van der Waals surface area (Å²) in [6.07, 6.45) is 4.83. The number of carbonyl (C=O) groups excluding carboxylic acids is 1. The lowest BCUT2D eigenvalue weighted by atomic mass is 9.52. The van der Waals surface area contributed by atoms with Crippen molar-refractivity contribution >= 4 is 17.4 Å². The molecule has 2 unspecified atom stereocenters. The number of nitriles is 1. The summed E-state index contributed by atoms with van der Waals surface area (Å²) in [6.45, 7) is 8.62. The fourth-order valence-corrected chi connectivity index (χ4v) is 7.84. The molecule has 7 nitrogen and oxygen atoms in total. The summed E-state index contributed by atoms with van der Waals surface area (Å²) in [4.78, 5) is 22.8. The van der Waals surface area contributed by atoms with Crippen LogP contribution in [0.1, 0.15) is 68.9 Å². The molecular formula is C31H39N5O2. The Bertz CT molecular complexity index is 1240. The molecule has 5 aliphatic rings. The molecule has 1 aliphatic heterocycles. The van der Waals surface area contributed by atoms with Crippen LogP contribution in [-0.4, -0.2) is 53.3 Å². The number of aliphatic hydroxyl groups is 1. The van der Waals surface area contributed by atoms with Gasteiger partial charge in [-0.05, 0) is 100 Å². The van der Waals surface area contributed by atoms with Crippen molar-refractivity contribution in [1.82, 2.24) is 10.3 Å². The van der Waals surface area contributed by atoms with Crippen LogP contribution in [0.5, 0.6) is 0 Å². The highest BCUT2D eigenvalue weighted by Crippen LogP contribution is 2.55. The molecule has 1 aromatic heterocycles. The van der Waals surface area contributed by atoms with Gasteiger partial charge in [-0.25, -0.2) is 4.98 Å². The fraction of sp³-hybridized carbons (Fsp3) is 0.581. The topological polar surface area (TPSA) is 92.5 Å². The zero-order valence-electron chi connectivity index (χ0n) is 22.7. The zero-order chi connectivity index (χ0) is 26.7. The van der Waals surface area contributed by atoms with Crippen LogP contribution in [-0.2, 0) is 5.41 Å². The van der Waals surface area contributed by atoms with E-state index in [9.17, 15) is 15.2 Å². The normalized spacial score (nSPS) is 32.2. The van der Waals surface area contributed by atoms with Crippen LogP contribution in [0.4, 0.5) is 11.5 Å². The number of pyridine rings is 1. The summed E-state index contributed by atoms with van der Waals surface area (Å²) in [7, 11) is 0. The molecule has 4 bridgehead atoms. The molecule has 2 heterocycles. The Hall–Kier alpha value is -3.11. The quantitative estimate of drug-likeness (QED) is 0.621. The molecule has 5 fully saturated rings. The first-order valence-corrected chi connectivity index (χ1v) is 14.2. The lowest BCUT2D eigenvalue weighted by molar-refractivity contribution is -0.136. The number of nitrogens with zero attached hydrogens (tertiary/aromatic N) is 4. The number of piperazine rings is 1. The summed E-state index contributed by atoms with van der Waals surface area (Å²) >= 11 is 0. The van der Waals surface area contributed by atoms with Crippen LogP contribution < -0.4 is 15.1 Å². The minimum Gasteiger partial charge on any atom is -0.390 e. The summed E-state index contributed by atoms with van der Waals surface area (Å²) in [5.74, 6) is 2.13. The highest BCUT2D eigenvalue weighted by Gasteiger charge is 2.55. The third-order valence-electron chi connectivity index (χ3n) is 9.66. The van der Waals surface area contributed by atoms with Crippen LogP contribution in [0.2, 0.25) is 0 Å². The molecule has 7 rings (SSSR count). The molecule has 3 atom stereocenters. The van der Waals surface area contributed by atoms with Crippen molar-refractivity contribution in [2.75, 3.05) is 29.4 Å². The van der Waals surface area contributed by atoms with Gasteiger partial charge in [0, 0.05) is 37.4 Å². The molecule has 2 N–H and O–H groups in total. The third-order valence-corrected chi connectivity index (χ3v) is 9.66. The Morgan fingerprint density at radius 1 is 1.11 bits per heavy atom. The molecule has 4 saturated carbocycles. The predicted octanol–water partition coefficient (Wildman–Crippen LogP) is 4.27. The van der Waals surface area contributed by atoms with Gasteiger partial charge in [-0.2, -0.15) is 5.26 Å². The van der Waals surface area contributed by atoms with E-state index in [0.717, 1.165) is 68.8 Å². The van der Waals surface area contributed by atoms with E-state index in [1.807, 2.05) is 32.0 Å². The van der Waals surface area contributed by atoms with Crippen molar-refractivity contribution in [3.8, 4) is 6.07 Å². The van der Waals surface area contributed by atoms with Crippen molar-refractivity contribution < 1.29 is 9.90 Å². The first-order chi connectivity index (χ1) is 18.1. The van der Waals surface area contributed by atoms with E-state index < -0.39 is 11.0 Å². The highest BCUT2D eigenvalue weighted by molar-refractivity contribution is 5.93. The van der Waals surface area contributed by atoms with Gasteiger partial charge in [0.1, 0.15) is 11.5 Å². The van der Waals surface area contributed by atoms with Gasteiger partial charge in [-0.1, -0.05) is 18.2 Å². The van der Waals surface area contributed by atoms with E-state index in [-0.39, 0.29) is 18.0 Å². The Morgan fingerprint density at radius 3 is 2.45 bits per heavy atom. The number of rotatable bonds is 5. The fourth-order valence-electron chi connectivity index (χ4n) is 7.84. The van der Waals surface area contributed by atoms with E-state index in [2.05, 4.69) is 52.4 Å². The second-order valence-electron chi connectivity index (χ2n) is 12.8. The maximum absolute atomic E-state index is 13.3. The molecule has 38 heavy (non-hydrogen) atoms. The smallest absolute Gasteiger partial charge is 0.270 e. The van der Waals surface area contributed by atoms with Crippen LogP contribution in [0.15, 0.2) is 42.5 Å². The van der Waals surface area contributed by atoms with Gasteiger partial charge in [-0.15, -0.1) is 0 Å². The van der Waals surface area contributed by atoms with Crippen molar-refractivity contribution in [2.24, 2.45) is 17.8 Å². The predicted molar refractivity (Wildman–Crippen MR) is 148 cm³/mol. The first kappa shape index (κ1) is 25.2. The third kappa shape index (κ3) is 4.53. The van der Waals surface area contributed by atoms with Crippen molar-refractivity contribution in [3.63, 3.8) is 0 Å². The molecule has 1 saturated heterocycles. The number of amides is 1. The number of carbonyl (C=O) groups is 1. The summed E-state index contributed by atoms with van der Waals surface area (Å²) in [5.41, 5.74) is 1.67. The van der Waals surface area contributed by atoms with Crippen molar-refractivity contribution in [3.05, 3.63) is 53.7 Å². The summed E-state index contributed by atoms with van der Waals surface area (Å²) in [5, 5.41) is 23.6. The minimum atomic E-state index is -0.497. The number of nitrogens with one attached hydrogen (secondary N) is 1. The lowest BCUT2D eigenvalue weighted by Gasteiger charge is -2.58. The average Bonchev–Trinajstić information content (AvgIpc) is 2.90. The number of aromatic nitrogens is 1. The van der Waals surface area contributed by atoms with Gasteiger partial charge in [0.15, 0.2) is 0 Å². The molecular weight excluding hydrogens is 474 g/mol. The van der Waals surface area contributed by atoms with E-state index in [1.165, 1.54) is 0 Å². The second-order valence-corrected chi connectivity index (χ2v) is 12.8. The molecule has 7 heteroatoms. The first-order valence-electron chi connectivity index (χ1n) is 14.2. The van der Waals surface area contributed by atoms with Gasteiger partial charge >= 0.3 is 0 Å². The number of anilines is 2. The standard InChI is InChI=1S/C31H39N5O2/c1-20-18-35(25-9-7-24(8-10-25)30(2,3)19-32)11-12-36(20)27-6-4-5-26(33-27)29(37)34-28-22-13-21-14-23(28)17-31(38,15-21)16-22/h4-10,20-23,28,38H,11-18H2,1-3H3,(H,34,37)/t20-,21?,22?,23?,28-,31-/m1/s1. The van der Waals surface area contributed by atoms with E-state index >= 15 is 0 Å². The molecule has 2 aromatic rings. The van der Waals surface area contributed by atoms with Gasteiger partial charge in [0.25, 0.3) is 5.91 Å². The lowest BCUT2D eigenvalue weighted by Crippen LogP contribution is -2.61. The van der Waals surface area contributed by atoms with E-state index in [4.69, 9.17) is 4.98 Å². The van der Waals surface area contributed by atoms with Gasteiger partial charge in [0.05, 0.1) is 17.1 Å². The average molecular weight is 514 g/mol. The Kier molecular flexibility index (Phi) is 6.14. The molecule has 4 aliphatic carbocycles. The minimum absolute atomic E-state index is 0.0945. The van der Waals surface area contributed by atoms with Crippen LogP contribution in [0.3, 0.4) is 0 Å². The molecule has 0 radical (unpaired) electrons. The number of hydrogen-bond donors (Lipinski definition) is 2. The van der Waals surface area contributed by atoms with Crippen LogP contribution in [0, 0.1) is 29.1 Å². The van der Waals surface area contributed by atoms with Crippen LogP contribution in [0.25, 0.3) is 0 Å². The maximum atomic E-state index is 13.3. The van der Waals surface area contributed by atoms with E-state index in [0.29, 0.717) is 23.4 Å². The van der Waals surface area contributed by atoms with Gasteiger partial charge in [-0.3, -0.25) is 4.79 Å². The highest BCUT2D eigenvalue weighted by atomic mass is 16.3. The van der Waals surface area contributed by atoms with E-state index in [1.54, 1.807) is 0 Å². The molecule has 200 valence electrons. The van der Waals surface area contributed by atoms with Crippen molar-refractivity contribution in [2.45, 2.75) is 76.0 Å². The Labute approximate surface area is 225 Å². The van der Waals surface area contributed by atoms with Crippen molar-refractivity contribution in [1.29, 1.82) is 5.26 Å². The monoisotopic (exact) mass is 513 g/mol. The zero-order valence-corrected chi connectivity index (χ0v) is 22.7. The Morgan fingerprint density at radius 2 is 1.82 bits per heavy atom. The van der Waals surface area contributed by atoms with Gasteiger partial charge < -0.3 is 20.2 Å². The molecule has 1 aromatic carbocycles. The van der Waals surface area contributed by atoms with Crippen LogP contribution >= 0.6 is 0 Å². The largest absolute Gasteiger partial charge is 0.390 e. The maximum Gasteiger partial charge on any atom is 0.270 e. The SMILES string of the molecule is C[C@@H]1CN(c2ccc(C(C)(C)C#N)cc2)CCN1c1cccc(C(=O)N[C@H]2C3CC4CC2C[C@](O)(C4)C3)n1.